The second-order valence-corrected chi connectivity index (χ2v) is 13.8. The summed E-state index contributed by atoms with van der Waals surface area (Å²) in [6, 6.07) is 11.7. The van der Waals surface area contributed by atoms with Crippen LogP contribution in [0.5, 0.6) is 0 Å². The predicted octanol–water partition coefficient (Wildman–Crippen LogP) is 2.86. The number of hydrogen-bond donors (Lipinski definition) is 5. The molecule has 2 aliphatic heterocycles. The van der Waals surface area contributed by atoms with Crippen molar-refractivity contribution in [1.82, 2.24) is 29.6 Å². The van der Waals surface area contributed by atoms with Crippen LogP contribution in [0, 0.1) is 11.6 Å². The number of nitrogens with zero attached hydrogens (tertiary/aromatic N) is 5. The highest BCUT2D eigenvalue weighted by Crippen LogP contribution is 2.21. The number of halogens is 2. The first-order valence-corrected chi connectivity index (χ1v) is 17.8. The topological polar surface area (TPSA) is 211 Å². The Hall–Kier alpha value is -5.13. The van der Waals surface area contributed by atoms with Crippen molar-refractivity contribution in [1.29, 1.82) is 0 Å². The van der Waals surface area contributed by atoms with Crippen LogP contribution < -0.4 is 27.4 Å². The summed E-state index contributed by atoms with van der Waals surface area (Å²) in [6.07, 6.45) is 6.96. The van der Waals surface area contributed by atoms with Gasteiger partial charge in [-0.1, -0.05) is 24.3 Å². The van der Waals surface area contributed by atoms with Crippen LogP contribution in [0.25, 0.3) is 0 Å². The summed E-state index contributed by atoms with van der Waals surface area (Å²) in [6.45, 7) is 2.71. The zero-order chi connectivity index (χ0) is 35.8. The molecule has 2 saturated heterocycles. The lowest BCUT2D eigenvalue weighted by Gasteiger charge is -2.30. The first-order chi connectivity index (χ1) is 23.9. The maximum atomic E-state index is 13.8. The van der Waals surface area contributed by atoms with E-state index in [-0.39, 0.29) is 51.9 Å². The molecule has 2 aromatic carbocycles. The van der Waals surface area contributed by atoms with E-state index < -0.39 is 33.2 Å². The summed E-state index contributed by atoms with van der Waals surface area (Å²) >= 11 is 0. The first-order valence-electron chi connectivity index (χ1n) is 15.9. The average molecular weight is 709 g/mol. The number of anilines is 4. The Labute approximate surface area is 288 Å². The standard InChI is InChI=1S/C17H20FN5O3S.C16H18FN5O/c1-27(25,26)23-8-6-11(7-9-23)21-17-20-10-13(16(19)22-17)15(24)12-4-2-3-5-14(12)18;17-13-4-2-1-3-11(13)14(23)12-9-20-16(22-15(12)18)21-10-5-7-19-8-6-10/h2-5,10-11H,6-9H2,1H3,(H3,19,20,21,22);1-4,9-10,19H,5-8H2,(H3,18,20,21,22). The van der Waals surface area contributed by atoms with Gasteiger partial charge in [0.1, 0.15) is 23.3 Å². The van der Waals surface area contributed by atoms with Crippen LogP contribution in [-0.4, -0.2) is 88.7 Å². The lowest BCUT2D eigenvalue weighted by atomic mass is 10.0. The molecule has 2 aromatic heterocycles. The fraction of sp³-hybridized carbons (Fsp3) is 0.333. The minimum absolute atomic E-state index is 0.00415. The van der Waals surface area contributed by atoms with E-state index in [1.54, 1.807) is 12.1 Å². The molecule has 0 spiro atoms. The zero-order valence-electron chi connectivity index (χ0n) is 27.3. The Bertz CT molecular complexity index is 1950. The van der Waals surface area contributed by atoms with Crippen LogP contribution in [0.3, 0.4) is 0 Å². The molecule has 17 heteroatoms. The van der Waals surface area contributed by atoms with Gasteiger partial charge >= 0.3 is 0 Å². The summed E-state index contributed by atoms with van der Waals surface area (Å²) < 4.78 is 52.0. The third-order valence-corrected chi connectivity index (χ3v) is 9.59. The Kier molecular flexibility index (Phi) is 11.6. The monoisotopic (exact) mass is 708 g/mol. The molecule has 7 N–H and O–H groups in total. The van der Waals surface area contributed by atoms with Crippen molar-refractivity contribution in [2.24, 2.45) is 0 Å². The number of aromatic nitrogens is 4. The highest BCUT2D eigenvalue weighted by atomic mass is 32.2. The second kappa shape index (κ2) is 16.1. The molecule has 264 valence electrons. The number of hydrogen-bond acceptors (Lipinski definition) is 13. The summed E-state index contributed by atoms with van der Waals surface area (Å²) in [5, 5.41) is 9.59. The van der Waals surface area contributed by atoms with Crippen molar-refractivity contribution in [2.75, 3.05) is 54.5 Å². The minimum atomic E-state index is -3.19. The third-order valence-electron chi connectivity index (χ3n) is 8.29. The van der Waals surface area contributed by atoms with Crippen molar-refractivity contribution in [3.8, 4) is 0 Å². The van der Waals surface area contributed by atoms with Gasteiger partial charge in [0, 0.05) is 37.6 Å². The van der Waals surface area contributed by atoms with E-state index in [1.807, 2.05) is 0 Å². The summed E-state index contributed by atoms with van der Waals surface area (Å²) in [5.41, 5.74) is 11.7. The largest absolute Gasteiger partial charge is 0.383 e. The van der Waals surface area contributed by atoms with Crippen LogP contribution in [0.15, 0.2) is 60.9 Å². The number of nitrogen functional groups attached to an aromatic ring is 2. The van der Waals surface area contributed by atoms with Crippen LogP contribution in [0.4, 0.5) is 32.3 Å². The first kappa shape index (κ1) is 36.2. The molecule has 50 heavy (non-hydrogen) atoms. The minimum Gasteiger partial charge on any atom is -0.383 e. The van der Waals surface area contributed by atoms with Crippen molar-refractivity contribution in [3.63, 3.8) is 0 Å². The maximum absolute atomic E-state index is 13.8. The van der Waals surface area contributed by atoms with Gasteiger partial charge in [-0.05, 0) is 63.0 Å². The molecule has 0 aliphatic carbocycles. The highest BCUT2D eigenvalue weighted by molar-refractivity contribution is 7.88. The number of nitrogens with one attached hydrogen (secondary N) is 3. The Balaban J connectivity index is 0.000000197. The van der Waals surface area contributed by atoms with Gasteiger partial charge in [-0.3, -0.25) is 9.59 Å². The van der Waals surface area contributed by atoms with Crippen LogP contribution >= 0.6 is 0 Å². The normalized spacial score (nSPS) is 15.8. The molecular formula is C33H38F2N10O4S. The number of sulfonamides is 1. The third kappa shape index (κ3) is 9.10. The maximum Gasteiger partial charge on any atom is 0.224 e. The van der Waals surface area contributed by atoms with Gasteiger partial charge in [-0.15, -0.1) is 0 Å². The summed E-state index contributed by atoms with van der Waals surface area (Å²) in [7, 11) is -3.19. The molecular weight excluding hydrogens is 670 g/mol. The number of rotatable bonds is 9. The smallest absolute Gasteiger partial charge is 0.224 e. The van der Waals surface area contributed by atoms with E-state index in [2.05, 4.69) is 35.9 Å². The molecule has 2 fully saturated rings. The molecule has 4 aromatic rings. The molecule has 0 atom stereocenters. The Morgan fingerprint density at radius 3 is 1.56 bits per heavy atom. The van der Waals surface area contributed by atoms with E-state index in [1.165, 1.54) is 59.4 Å². The molecule has 0 amide bonds. The average Bonchev–Trinajstić information content (AvgIpc) is 3.09. The molecule has 6 rings (SSSR count). The summed E-state index contributed by atoms with van der Waals surface area (Å²) in [5.74, 6) is -1.70. The quantitative estimate of drug-likeness (QED) is 0.159. The molecule has 14 nitrogen and oxygen atoms in total. The molecule has 4 heterocycles. The molecule has 2 aliphatic rings. The van der Waals surface area contributed by atoms with E-state index >= 15 is 0 Å². The number of carbonyl (C=O) groups excluding carboxylic acids is 2. The zero-order valence-corrected chi connectivity index (χ0v) is 28.1. The van der Waals surface area contributed by atoms with Gasteiger partial charge in [0.05, 0.1) is 28.5 Å². The molecule has 0 radical (unpaired) electrons. The van der Waals surface area contributed by atoms with Crippen molar-refractivity contribution in [2.45, 2.75) is 37.8 Å². The molecule has 0 unspecified atom stereocenters. The van der Waals surface area contributed by atoms with Crippen molar-refractivity contribution < 1.29 is 26.8 Å². The van der Waals surface area contributed by atoms with Gasteiger partial charge < -0.3 is 27.4 Å². The fourth-order valence-electron chi connectivity index (χ4n) is 5.52. The highest BCUT2D eigenvalue weighted by Gasteiger charge is 2.26. The van der Waals surface area contributed by atoms with E-state index in [0.29, 0.717) is 31.9 Å². The van der Waals surface area contributed by atoms with Crippen molar-refractivity contribution in [3.05, 3.63) is 94.8 Å². The molecule has 0 bridgehead atoms. The Morgan fingerprint density at radius 2 is 1.16 bits per heavy atom. The predicted molar refractivity (Wildman–Crippen MR) is 185 cm³/mol. The second-order valence-electron chi connectivity index (χ2n) is 11.9. The number of benzene rings is 2. The lowest BCUT2D eigenvalue weighted by Crippen LogP contribution is -2.42. The SMILES string of the molecule is CS(=O)(=O)N1CCC(Nc2ncc(C(=O)c3ccccc3F)c(N)n2)CC1.Nc1nc(NC2CCNCC2)ncc1C(=O)c1ccccc1F. The number of piperidine rings is 2. The van der Waals surface area contributed by atoms with Gasteiger partial charge in [0.2, 0.25) is 33.5 Å². The van der Waals surface area contributed by atoms with Crippen LogP contribution in [-0.2, 0) is 10.0 Å². The fourth-order valence-corrected chi connectivity index (χ4v) is 6.40. The number of nitrogens with two attached hydrogens (primary N) is 2. The number of carbonyl (C=O) groups is 2. The van der Waals surface area contributed by atoms with Gasteiger partial charge in [0.25, 0.3) is 0 Å². The summed E-state index contributed by atoms with van der Waals surface area (Å²) in [4.78, 5) is 41.3. The number of ketones is 2. The lowest BCUT2D eigenvalue weighted by molar-refractivity contribution is 0.102. The van der Waals surface area contributed by atoms with Crippen LogP contribution in [0.2, 0.25) is 0 Å². The van der Waals surface area contributed by atoms with E-state index in [9.17, 15) is 26.8 Å². The van der Waals surface area contributed by atoms with Gasteiger partial charge in [0.15, 0.2) is 0 Å². The van der Waals surface area contributed by atoms with Gasteiger partial charge in [-0.25, -0.2) is 31.5 Å². The van der Waals surface area contributed by atoms with Crippen molar-refractivity contribution >= 4 is 45.1 Å². The Morgan fingerprint density at radius 1 is 0.740 bits per heavy atom. The van der Waals surface area contributed by atoms with E-state index in [0.717, 1.165) is 25.9 Å². The van der Waals surface area contributed by atoms with E-state index in [4.69, 9.17) is 11.5 Å². The van der Waals surface area contributed by atoms with Crippen LogP contribution in [0.1, 0.15) is 57.5 Å². The van der Waals surface area contributed by atoms with Gasteiger partial charge in [-0.2, -0.15) is 9.97 Å². The molecule has 0 saturated carbocycles.